The first kappa shape index (κ1) is 17.0. The molecule has 1 aromatic carbocycles. The normalized spacial score (nSPS) is 11.9. The molecule has 0 aliphatic rings. The molecule has 0 aliphatic carbocycles. The summed E-state index contributed by atoms with van der Waals surface area (Å²) in [6, 6.07) is 6.78. The van der Waals surface area contributed by atoms with Crippen molar-refractivity contribution in [2.45, 2.75) is 44.9 Å². The Balaban J connectivity index is 2.55. The molecule has 1 atom stereocenters. The molecule has 0 bridgehead atoms. The number of carbonyl (C=O) groups excluding carboxylic acids is 2. The van der Waals surface area contributed by atoms with Gasteiger partial charge in [-0.15, -0.1) is 0 Å². The Bertz CT molecular complexity index is 456. The topological polar surface area (TPSA) is 92.4 Å². The fourth-order valence-corrected chi connectivity index (χ4v) is 2.06. The third-order valence-corrected chi connectivity index (χ3v) is 3.26. The van der Waals surface area contributed by atoms with Crippen molar-refractivity contribution in [3.8, 4) is 5.75 Å². The summed E-state index contributed by atoms with van der Waals surface area (Å²) in [5.74, 6) is -2.14. The second-order valence-electron chi connectivity index (χ2n) is 5.01. The molecule has 0 fully saturated rings. The van der Waals surface area contributed by atoms with E-state index in [1.807, 2.05) is 0 Å². The van der Waals surface area contributed by atoms with E-state index in [-0.39, 0.29) is 0 Å². The zero-order valence-electron chi connectivity index (χ0n) is 12.3. The zero-order chi connectivity index (χ0) is 15.7. The van der Waals surface area contributed by atoms with Gasteiger partial charge in [0.25, 0.3) is 0 Å². The van der Waals surface area contributed by atoms with Crippen LogP contribution < -0.4 is 15.6 Å². The van der Waals surface area contributed by atoms with E-state index in [4.69, 9.17) is 10.5 Å². The summed E-state index contributed by atoms with van der Waals surface area (Å²) >= 11 is 0. The van der Waals surface area contributed by atoms with E-state index in [2.05, 4.69) is 6.92 Å². The molecule has 1 amide bonds. The number of ether oxygens (including phenoxy) is 1. The van der Waals surface area contributed by atoms with Crippen LogP contribution in [0.1, 0.15) is 50.5 Å². The Morgan fingerprint density at radius 1 is 1.19 bits per heavy atom. The molecule has 2 N–H and O–H groups in total. The number of unbranched alkanes of at least 4 members (excludes halogenated alkanes) is 3. The van der Waals surface area contributed by atoms with Gasteiger partial charge in [-0.05, 0) is 24.1 Å². The number of hydrogen-bond donors (Lipinski definition) is 1. The Hall–Kier alpha value is -2.04. The molecule has 0 aliphatic heterocycles. The molecule has 1 rings (SSSR count). The van der Waals surface area contributed by atoms with Crippen LogP contribution in [0.5, 0.6) is 5.75 Å². The minimum atomic E-state index is -1.30. The van der Waals surface area contributed by atoms with Gasteiger partial charge in [0, 0.05) is 12.4 Å². The lowest BCUT2D eigenvalue weighted by Crippen LogP contribution is -2.30. The quantitative estimate of drug-likeness (QED) is 0.659. The maximum atomic E-state index is 11.3. The van der Waals surface area contributed by atoms with E-state index in [0.29, 0.717) is 17.9 Å². The van der Waals surface area contributed by atoms with Crippen LogP contribution in [0.4, 0.5) is 0 Å². The van der Waals surface area contributed by atoms with E-state index in [9.17, 15) is 14.7 Å². The van der Waals surface area contributed by atoms with Crippen molar-refractivity contribution in [2.24, 2.45) is 5.73 Å². The third kappa shape index (κ3) is 6.29. The highest BCUT2D eigenvalue weighted by atomic mass is 16.5. The fourth-order valence-electron chi connectivity index (χ4n) is 2.06. The van der Waals surface area contributed by atoms with Crippen molar-refractivity contribution >= 4 is 11.9 Å². The number of rotatable bonds is 10. The number of primary amides is 1. The van der Waals surface area contributed by atoms with Crippen molar-refractivity contribution in [3.63, 3.8) is 0 Å². The standard InChI is InChI=1S/C16H23NO4/c1-2-3-4-5-10-21-13-8-6-12(7-9-13)14(16(17)20)11-15(18)19/h6-9,14H,2-5,10-11H2,1H3,(H2,17,20)(H,18,19)/p-1. The van der Waals surface area contributed by atoms with Crippen LogP contribution in [0.2, 0.25) is 0 Å². The van der Waals surface area contributed by atoms with E-state index < -0.39 is 24.2 Å². The van der Waals surface area contributed by atoms with Gasteiger partial charge in [0.05, 0.1) is 12.5 Å². The van der Waals surface area contributed by atoms with Crippen LogP contribution in [-0.2, 0) is 9.59 Å². The minimum Gasteiger partial charge on any atom is -0.550 e. The smallest absolute Gasteiger partial charge is 0.225 e. The van der Waals surface area contributed by atoms with Gasteiger partial charge in [-0.25, -0.2) is 0 Å². The number of amides is 1. The lowest BCUT2D eigenvalue weighted by atomic mass is 9.95. The molecule has 5 heteroatoms. The molecule has 1 aromatic rings. The predicted molar refractivity (Wildman–Crippen MR) is 77.6 cm³/mol. The molecular formula is C16H22NO4-. The summed E-state index contributed by atoms with van der Waals surface area (Å²) in [5.41, 5.74) is 5.78. The summed E-state index contributed by atoms with van der Waals surface area (Å²) in [5, 5.41) is 10.6. The molecule has 5 nitrogen and oxygen atoms in total. The van der Waals surface area contributed by atoms with Crippen molar-refractivity contribution in [1.82, 2.24) is 0 Å². The number of carboxylic acid groups (broad SMARTS) is 1. The summed E-state index contributed by atoms with van der Waals surface area (Å²) < 4.78 is 5.58. The largest absolute Gasteiger partial charge is 0.550 e. The second kappa shape index (κ2) is 9.00. The Kier molecular flexibility index (Phi) is 7.29. The Morgan fingerprint density at radius 2 is 1.86 bits per heavy atom. The highest BCUT2D eigenvalue weighted by Gasteiger charge is 2.18. The summed E-state index contributed by atoms with van der Waals surface area (Å²) in [6.07, 6.45) is 4.12. The second-order valence-corrected chi connectivity index (χ2v) is 5.01. The molecule has 0 heterocycles. The fraction of sp³-hybridized carbons (Fsp3) is 0.500. The van der Waals surface area contributed by atoms with Crippen molar-refractivity contribution in [1.29, 1.82) is 0 Å². The van der Waals surface area contributed by atoms with Crippen LogP contribution >= 0.6 is 0 Å². The number of carboxylic acids is 1. The van der Waals surface area contributed by atoms with Gasteiger partial charge in [-0.3, -0.25) is 4.79 Å². The van der Waals surface area contributed by atoms with E-state index in [1.54, 1.807) is 24.3 Å². The summed E-state index contributed by atoms with van der Waals surface area (Å²) in [4.78, 5) is 21.9. The number of carbonyl (C=O) groups is 2. The van der Waals surface area contributed by atoms with Crippen LogP contribution in [-0.4, -0.2) is 18.5 Å². The lowest BCUT2D eigenvalue weighted by molar-refractivity contribution is -0.306. The van der Waals surface area contributed by atoms with Gasteiger partial charge >= 0.3 is 0 Å². The predicted octanol–water partition coefficient (Wildman–Crippen LogP) is 1.35. The number of nitrogens with two attached hydrogens (primary N) is 1. The first-order valence-electron chi connectivity index (χ1n) is 7.26. The molecule has 0 spiro atoms. The lowest BCUT2D eigenvalue weighted by Gasteiger charge is -2.15. The summed E-state index contributed by atoms with van der Waals surface area (Å²) in [6.45, 7) is 2.80. The summed E-state index contributed by atoms with van der Waals surface area (Å²) in [7, 11) is 0. The van der Waals surface area contributed by atoms with Gasteiger partial charge in [0.1, 0.15) is 5.75 Å². The van der Waals surface area contributed by atoms with Gasteiger partial charge in [-0.2, -0.15) is 0 Å². The number of hydrogen-bond acceptors (Lipinski definition) is 4. The van der Waals surface area contributed by atoms with Gasteiger partial charge in [-0.1, -0.05) is 38.3 Å². The van der Waals surface area contributed by atoms with Crippen molar-refractivity contribution in [3.05, 3.63) is 29.8 Å². The van der Waals surface area contributed by atoms with Crippen molar-refractivity contribution in [2.75, 3.05) is 6.61 Å². The highest BCUT2D eigenvalue weighted by Crippen LogP contribution is 2.22. The molecular weight excluding hydrogens is 270 g/mol. The maximum absolute atomic E-state index is 11.3. The first-order valence-corrected chi connectivity index (χ1v) is 7.26. The van der Waals surface area contributed by atoms with E-state index in [1.165, 1.54) is 12.8 Å². The average molecular weight is 292 g/mol. The average Bonchev–Trinajstić information content (AvgIpc) is 2.45. The maximum Gasteiger partial charge on any atom is 0.225 e. The van der Waals surface area contributed by atoms with E-state index >= 15 is 0 Å². The SMILES string of the molecule is CCCCCCOc1ccc(C(CC(=O)[O-])C(N)=O)cc1. The molecule has 1 unspecified atom stereocenters. The Morgan fingerprint density at radius 3 is 2.38 bits per heavy atom. The zero-order valence-corrected chi connectivity index (χ0v) is 12.3. The number of aliphatic carboxylic acids is 1. The van der Waals surface area contributed by atoms with Crippen LogP contribution in [0.15, 0.2) is 24.3 Å². The molecule has 0 radical (unpaired) electrons. The Labute approximate surface area is 125 Å². The van der Waals surface area contributed by atoms with Crippen LogP contribution in [0, 0.1) is 0 Å². The third-order valence-electron chi connectivity index (χ3n) is 3.26. The minimum absolute atomic E-state index is 0.410. The van der Waals surface area contributed by atoms with Gasteiger partial charge in [0.15, 0.2) is 0 Å². The molecule has 116 valence electrons. The van der Waals surface area contributed by atoms with E-state index in [0.717, 1.165) is 12.8 Å². The first-order chi connectivity index (χ1) is 10.0. The molecule has 21 heavy (non-hydrogen) atoms. The van der Waals surface area contributed by atoms with Gasteiger partial charge < -0.3 is 20.4 Å². The van der Waals surface area contributed by atoms with Crippen molar-refractivity contribution < 1.29 is 19.4 Å². The monoisotopic (exact) mass is 292 g/mol. The molecule has 0 saturated heterocycles. The molecule has 0 saturated carbocycles. The molecule has 0 aromatic heterocycles. The van der Waals surface area contributed by atoms with Crippen LogP contribution in [0.3, 0.4) is 0 Å². The highest BCUT2D eigenvalue weighted by molar-refractivity contribution is 5.86. The number of benzene rings is 1. The van der Waals surface area contributed by atoms with Gasteiger partial charge in [0.2, 0.25) is 5.91 Å². The van der Waals surface area contributed by atoms with Crippen LogP contribution in [0.25, 0.3) is 0 Å².